The van der Waals surface area contributed by atoms with Gasteiger partial charge in [-0.25, -0.2) is 4.39 Å². The minimum atomic E-state index is -2.63. The summed E-state index contributed by atoms with van der Waals surface area (Å²) in [6.07, 6.45) is 13.0. The SMILES string of the molecule is CCCCCCCCCCCCC(F)CC(C)O[Si](CC)(OCC)OCC. The molecule has 0 rings (SSSR count). The zero-order valence-electron chi connectivity index (χ0n) is 18.9. The van der Waals surface area contributed by atoms with Crippen molar-refractivity contribution in [3.8, 4) is 0 Å². The fourth-order valence-electron chi connectivity index (χ4n) is 3.52. The summed E-state index contributed by atoms with van der Waals surface area (Å²) in [5.74, 6) is 0. The van der Waals surface area contributed by atoms with Crippen molar-refractivity contribution in [2.75, 3.05) is 13.2 Å². The number of hydrogen-bond donors (Lipinski definition) is 0. The molecule has 0 fully saturated rings. The minimum absolute atomic E-state index is 0.159. The molecule has 0 heterocycles. The summed E-state index contributed by atoms with van der Waals surface area (Å²) in [7, 11) is -2.63. The van der Waals surface area contributed by atoms with E-state index >= 15 is 0 Å². The number of halogens is 1. The van der Waals surface area contributed by atoms with E-state index in [2.05, 4.69) is 6.92 Å². The van der Waals surface area contributed by atoms with Gasteiger partial charge in [0, 0.05) is 31.8 Å². The van der Waals surface area contributed by atoms with Crippen LogP contribution in [0.1, 0.15) is 112 Å². The topological polar surface area (TPSA) is 27.7 Å². The third-order valence-electron chi connectivity index (χ3n) is 5.00. The van der Waals surface area contributed by atoms with Crippen LogP contribution in [0.25, 0.3) is 0 Å². The first-order valence-electron chi connectivity index (χ1n) is 11.6. The molecule has 164 valence electrons. The molecule has 0 spiro atoms. The second-order valence-corrected chi connectivity index (χ2v) is 10.5. The highest BCUT2D eigenvalue weighted by atomic mass is 28.4. The predicted molar refractivity (Wildman–Crippen MR) is 116 cm³/mol. The van der Waals surface area contributed by atoms with Gasteiger partial charge in [-0.15, -0.1) is 0 Å². The molecule has 0 aliphatic carbocycles. The highest BCUT2D eigenvalue weighted by Gasteiger charge is 2.40. The molecule has 0 aliphatic heterocycles. The average molecular weight is 407 g/mol. The van der Waals surface area contributed by atoms with E-state index in [-0.39, 0.29) is 6.10 Å². The Morgan fingerprint density at radius 2 is 1.22 bits per heavy atom. The zero-order chi connectivity index (χ0) is 20.4. The maximum Gasteiger partial charge on any atom is 0.500 e. The molecule has 2 atom stereocenters. The van der Waals surface area contributed by atoms with E-state index in [1.54, 1.807) is 0 Å². The summed E-state index contributed by atoms with van der Waals surface area (Å²) < 4.78 is 32.0. The first kappa shape index (κ1) is 27.0. The Bertz CT molecular complexity index is 312. The van der Waals surface area contributed by atoms with Gasteiger partial charge in [0.2, 0.25) is 0 Å². The largest absolute Gasteiger partial charge is 0.500 e. The van der Waals surface area contributed by atoms with Crippen LogP contribution in [-0.2, 0) is 13.3 Å². The molecule has 0 aliphatic rings. The number of hydrogen-bond acceptors (Lipinski definition) is 3. The van der Waals surface area contributed by atoms with Crippen LogP contribution in [0, 0.1) is 0 Å². The van der Waals surface area contributed by atoms with Crippen molar-refractivity contribution in [2.24, 2.45) is 0 Å². The third-order valence-corrected chi connectivity index (χ3v) is 8.09. The maximum atomic E-state index is 14.3. The lowest BCUT2D eigenvalue weighted by molar-refractivity contribution is 0.0275. The van der Waals surface area contributed by atoms with Crippen molar-refractivity contribution in [3.63, 3.8) is 0 Å². The molecule has 0 saturated carbocycles. The lowest BCUT2D eigenvalue weighted by Crippen LogP contribution is -2.47. The first-order chi connectivity index (χ1) is 13.0. The lowest BCUT2D eigenvalue weighted by atomic mass is 10.0. The van der Waals surface area contributed by atoms with Gasteiger partial charge >= 0.3 is 8.80 Å². The molecule has 0 aromatic heterocycles. The molecule has 0 N–H and O–H groups in total. The lowest BCUT2D eigenvalue weighted by Gasteiger charge is -2.31. The minimum Gasteiger partial charge on any atom is -0.374 e. The van der Waals surface area contributed by atoms with E-state index in [9.17, 15) is 4.39 Å². The molecule has 0 bridgehead atoms. The highest BCUT2D eigenvalue weighted by Crippen LogP contribution is 2.22. The number of alkyl halides is 1. The van der Waals surface area contributed by atoms with Crippen LogP contribution in [0.15, 0.2) is 0 Å². The molecule has 0 aromatic carbocycles. The zero-order valence-corrected chi connectivity index (χ0v) is 19.9. The Kier molecular flexibility index (Phi) is 18.1. The molecule has 3 nitrogen and oxygen atoms in total. The van der Waals surface area contributed by atoms with E-state index in [1.807, 2.05) is 27.7 Å². The molecular weight excluding hydrogens is 359 g/mol. The Morgan fingerprint density at radius 1 is 0.741 bits per heavy atom. The second kappa shape index (κ2) is 18.1. The smallest absolute Gasteiger partial charge is 0.374 e. The highest BCUT2D eigenvalue weighted by molar-refractivity contribution is 6.60. The van der Waals surface area contributed by atoms with Crippen LogP contribution in [0.3, 0.4) is 0 Å². The normalized spacial score (nSPS) is 14.4. The Balaban J connectivity index is 3.82. The van der Waals surface area contributed by atoms with Crippen molar-refractivity contribution in [1.82, 2.24) is 0 Å². The molecule has 5 heteroatoms. The molecule has 0 saturated heterocycles. The van der Waals surface area contributed by atoms with Gasteiger partial charge in [0.25, 0.3) is 0 Å². The summed E-state index contributed by atoms with van der Waals surface area (Å²) in [5.41, 5.74) is 0. The van der Waals surface area contributed by atoms with E-state index in [4.69, 9.17) is 13.3 Å². The Labute approximate surface area is 170 Å². The number of rotatable bonds is 20. The van der Waals surface area contributed by atoms with Crippen LogP contribution in [-0.4, -0.2) is 34.3 Å². The van der Waals surface area contributed by atoms with Gasteiger partial charge in [-0.05, 0) is 27.2 Å². The molecule has 2 unspecified atom stereocenters. The third kappa shape index (κ3) is 14.6. The van der Waals surface area contributed by atoms with Crippen molar-refractivity contribution in [1.29, 1.82) is 0 Å². The van der Waals surface area contributed by atoms with Crippen LogP contribution in [0.5, 0.6) is 0 Å². The molecular formula is C22H47FO3Si. The fourth-order valence-corrected chi connectivity index (χ4v) is 5.91. The summed E-state index contributed by atoms with van der Waals surface area (Å²) in [6, 6.07) is 0.731. The van der Waals surface area contributed by atoms with Gasteiger partial charge < -0.3 is 13.3 Å². The molecule has 27 heavy (non-hydrogen) atoms. The standard InChI is InChI=1S/C22H47FO3Si/c1-6-10-11-12-13-14-15-16-17-18-19-22(23)20-21(5)26-27(9-4,24-7-2)25-8-3/h21-22H,6-20H2,1-5H3. The second-order valence-electron chi connectivity index (χ2n) is 7.63. The van der Waals surface area contributed by atoms with E-state index in [0.29, 0.717) is 26.1 Å². The molecule has 0 aromatic rings. The predicted octanol–water partition coefficient (Wildman–Crippen LogP) is 7.46. The van der Waals surface area contributed by atoms with Crippen molar-refractivity contribution in [3.05, 3.63) is 0 Å². The van der Waals surface area contributed by atoms with Crippen molar-refractivity contribution < 1.29 is 17.7 Å². The Hall–Kier alpha value is 0.0269. The van der Waals surface area contributed by atoms with Gasteiger partial charge in [-0.2, -0.15) is 0 Å². The monoisotopic (exact) mass is 406 g/mol. The molecule has 0 amide bonds. The quantitative estimate of drug-likeness (QED) is 0.155. The van der Waals surface area contributed by atoms with Gasteiger partial charge in [0.05, 0.1) is 0 Å². The van der Waals surface area contributed by atoms with Crippen LogP contribution in [0.2, 0.25) is 6.04 Å². The van der Waals surface area contributed by atoms with Crippen LogP contribution in [0.4, 0.5) is 4.39 Å². The van der Waals surface area contributed by atoms with Crippen LogP contribution < -0.4 is 0 Å². The van der Waals surface area contributed by atoms with Gasteiger partial charge in [0.15, 0.2) is 0 Å². The summed E-state index contributed by atoms with van der Waals surface area (Å²) in [6.45, 7) is 11.3. The Morgan fingerprint density at radius 3 is 1.67 bits per heavy atom. The molecule has 0 radical (unpaired) electrons. The fraction of sp³-hybridized carbons (Fsp3) is 1.00. The first-order valence-corrected chi connectivity index (χ1v) is 13.6. The summed E-state index contributed by atoms with van der Waals surface area (Å²) in [5, 5.41) is 0. The van der Waals surface area contributed by atoms with Gasteiger partial charge in [-0.1, -0.05) is 78.1 Å². The average Bonchev–Trinajstić information content (AvgIpc) is 2.63. The summed E-state index contributed by atoms with van der Waals surface area (Å²) in [4.78, 5) is 0. The van der Waals surface area contributed by atoms with E-state index < -0.39 is 15.0 Å². The van der Waals surface area contributed by atoms with E-state index in [0.717, 1.165) is 18.9 Å². The summed E-state index contributed by atoms with van der Waals surface area (Å²) >= 11 is 0. The van der Waals surface area contributed by atoms with Crippen molar-refractivity contribution in [2.45, 2.75) is 130 Å². The van der Waals surface area contributed by atoms with Crippen LogP contribution >= 0.6 is 0 Å². The number of unbranched alkanes of at least 4 members (excludes halogenated alkanes) is 9. The van der Waals surface area contributed by atoms with Gasteiger partial charge in [-0.3, -0.25) is 0 Å². The van der Waals surface area contributed by atoms with Gasteiger partial charge in [0.1, 0.15) is 6.17 Å². The maximum absolute atomic E-state index is 14.3. The van der Waals surface area contributed by atoms with Crippen molar-refractivity contribution >= 4 is 8.80 Å². The van der Waals surface area contributed by atoms with E-state index in [1.165, 1.54) is 51.4 Å².